The predicted octanol–water partition coefficient (Wildman–Crippen LogP) is 2.81. The van der Waals surface area contributed by atoms with Crippen molar-refractivity contribution < 1.29 is 13.7 Å². The Bertz CT molecular complexity index is 586. The zero-order valence-electron chi connectivity index (χ0n) is 12.5. The number of rotatable bonds is 7. The number of nitrogens with one attached hydrogen (secondary N) is 1. The first-order chi connectivity index (χ1) is 10.2. The average Bonchev–Trinajstić information content (AvgIpc) is 2.95. The second kappa shape index (κ2) is 7.17. The van der Waals surface area contributed by atoms with E-state index in [1.807, 2.05) is 7.05 Å². The molecule has 1 atom stereocenters. The van der Waals surface area contributed by atoms with E-state index in [9.17, 15) is 4.39 Å². The van der Waals surface area contributed by atoms with Gasteiger partial charge in [-0.15, -0.1) is 0 Å². The summed E-state index contributed by atoms with van der Waals surface area (Å²) in [5.74, 6) is 0.761. The molecule has 2 rings (SSSR count). The smallest absolute Gasteiger partial charge is 0.228 e. The molecule has 0 bridgehead atoms. The van der Waals surface area contributed by atoms with Crippen LogP contribution < -0.4 is 10.1 Å². The molecule has 0 spiro atoms. The van der Waals surface area contributed by atoms with Crippen molar-refractivity contribution in [2.75, 3.05) is 14.2 Å². The minimum absolute atomic E-state index is 0.165. The predicted molar refractivity (Wildman–Crippen MR) is 77.7 cm³/mol. The van der Waals surface area contributed by atoms with Crippen molar-refractivity contribution in [2.24, 2.45) is 0 Å². The molecule has 0 aliphatic rings. The number of likely N-dealkylation sites (N-methyl/N-ethyl adjacent to an activating group) is 1. The van der Waals surface area contributed by atoms with Crippen LogP contribution in [-0.4, -0.2) is 30.3 Å². The fourth-order valence-corrected chi connectivity index (χ4v) is 2.16. The number of aromatic nitrogens is 2. The zero-order chi connectivity index (χ0) is 15.2. The molecule has 0 amide bonds. The second-order valence-corrected chi connectivity index (χ2v) is 4.84. The second-order valence-electron chi connectivity index (χ2n) is 4.84. The quantitative estimate of drug-likeness (QED) is 0.850. The molecular weight excluding hydrogens is 273 g/mol. The van der Waals surface area contributed by atoms with Gasteiger partial charge < -0.3 is 14.6 Å². The van der Waals surface area contributed by atoms with Crippen molar-refractivity contribution in [3.63, 3.8) is 0 Å². The van der Waals surface area contributed by atoms with Crippen LogP contribution >= 0.6 is 0 Å². The Kier molecular flexibility index (Phi) is 5.27. The number of benzene rings is 1. The van der Waals surface area contributed by atoms with E-state index in [0.717, 1.165) is 12.8 Å². The highest BCUT2D eigenvalue weighted by Gasteiger charge is 2.14. The summed E-state index contributed by atoms with van der Waals surface area (Å²) in [6.07, 6.45) is 2.80. The van der Waals surface area contributed by atoms with E-state index in [2.05, 4.69) is 22.4 Å². The Morgan fingerprint density at radius 1 is 1.43 bits per heavy atom. The van der Waals surface area contributed by atoms with Crippen LogP contribution in [0.15, 0.2) is 22.7 Å². The van der Waals surface area contributed by atoms with Crippen LogP contribution in [0.25, 0.3) is 11.4 Å². The van der Waals surface area contributed by atoms with Crippen molar-refractivity contribution in [3.05, 3.63) is 29.9 Å². The molecule has 1 heterocycles. The number of halogens is 1. The number of hydrogen-bond donors (Lipinski definition) is 1. The maximum absolute atomic E-state index is 13.4. The molecule has 0 saturated carbocycles. The molecule has 1 aromatic carbocycles. The first-order valence-corrected chi connectivity index (χ1v) is 7.01. The van der Waals surface area contributed by atoms with Crippen molar-refractivity contribution >= 4 is 0 Å². The zero-order valence-corrected chi connectivity index (χ0v) is 12.5. The Labute approximate surface area is 123 Å². The number of nitrogens with zero attached hydrogens (tertiary/aromatic N) is 2. The standard InChI is InChI=1S/C15H20FN3O2/c1-4-5-11(17-2)9-14-18-15(19-21-14)10-6-7-12(16)13(8-10)20-3/h6-8,11,17H,4-5,9H2,1-3H3. The SMILES string of the molecule is CCCC(Cc1nc(-c2ccc(F)c(OC)c2)no1)NC. The van der Waals surface area contributed by atoms with E-state index in [0.29, 0.717) is 29.7 Å². The minimum Gasteiger partial charge on any atom is -0.494 e. The van der Waals surface area contributed by atoms with Crippen LogP contribution in [-0.2, 0) is 6.42 Å². The normalized spacial score (nSPS) is 12.4. The topological polar surface area (TPSA) is 60.2 Å². The van der Waals surface area contributed by atoms with Crippen molar-refractivity contribution in [3.8, 4) is 17.1 Å². The highest BCUT2D eigenvalue weighted by molar-refractivity contribution is 5.57. The molecule has 0 saturated heterocycles. The molecule has 114 valence electrons. The minimum atomic E-state index is -0.414. The molecule has 21 heavy (non-hydrogen) atoms. The van der Waals surface area contributed by atoms with Gasteiger partial charge in [-0.2, -0.15) is 4.98 Å². The Balaban J connectivity index is 2.15. The van der Waals surface area contributed by atoms with E-state index < -0.39 is 5.82 Å². The van der Waals surface area contributed by atoms with E-state index in [1.165, 1.54) is 13.2 Å². The summed E-state index contributed by atoms with van der Waals surface area (Å²) in [5, 5.41) is 7.18. The van der Waals surface area contributed by atoms with Gasteiger partial charge in [0.1, 0.15) is 0 Å². The van der Waals surface area contributed by atoms with Crippen LogP contribution in [0, 0.1) is 5.82 Å². The summed E-state index contributed by atoms with van der Waals surface area (Å²) in [7, 11) is 3.34. The summed E-state index contributed by atoms with van der Waals surface area (Å²) in [5.41, 5.74) is 0.666. The lowest BCUT2D eigenvalue weighted by molar-refractivity contribution is 0.356. The van der Waals surface area contributed by atoms with Crippen LogP contribution in [0.4, 0.5) is 4.39 Å². The van der Waals surface area contributed by atoms with Gasteiger partial charge in [-0.05, 0) is 31.7 Å². The van der Waals surface area contributed by atoms with Gasteiger partial charge >= 0.3 is 0 Å². The van der Waals surface area contributed by atoms with Crippen molar-refractivity contribution in [2.45, 2.75) is 32.2 Å². The molecule has 1 unspecified atom stereocenters. The third-order valence-electron chi connectivity index (χ3n) is 3.34. The molecule has 0 aliphatic carbocycles. The first-order valence-electron chi connectivity index (χ1n) is 7.01. The summed E-state index contributed by atoms with van der Waals surface area (Å²) >= 11 is 0. The largest absolute Gasteiger partial charge is 0.494 e. The van der Waals surface area contributed by atoms with Gasteiger partial charge in [0.05, 0.1) is 7.11 Å². The van der Waals surface area contributed by atoms with E-state index in [-0.39, 0.29) is 5.75 Å². The molecule has 2 aromatic rings. The van der Waals surface area contributed by atoms with Gasteiger partial charge in [0.25, 0.3) is 0 Å². The summed E-state index contributed by atoms with van der Waals surface area (Å²) < 4.78 is 23.6. The summed E-state index contributed by atoms with van der Waals surface area (Å²) in [6.45, 7) is 2.13. The molecule has 1 aromatic heterocycles. The van der Waals surface area contributed by atoms with Crippen molar-refractivity contribution in [1.29, 1.82) is 0 Å². The average molecular weight is 293 g/mol. The lowest BCUT2D eigenvalue weighted by Gasteiger charge is -2.11. The molecule has 0 aliphatic heterocycles. The van der Waals surface area contributed by atoms with Crippen LogP contribution in [0.5, 0.6) is 5.75 Å². The van der Waals surface area contributed by atoms with Gasteiger partial charge in [-0.25, -0.2) is 4.39 Å². The lowest BCUT2D eigenvalue weighted by atomic mass is 10.1. The third kappa shape index (κ3) is 3.78. The number of hydrogen-bond acceptors (Lipinski definition) is 5. The fourth-order valence-electron chi connectivity index (χ4n) is 2.16. The number of ether oxygens (including phenoxy) is 1. The maximum Gasteiger partial charge on any atom is 0.228 e. The van der Waals surface area contributed by atoms with E-state index >= 15 is 0 Å². The molecule has 1 N–H and O–H groups in total. The fraction of sp³-hybridized carbons (Fsp3) is 0.467. The highest BCUT2D eigenvalue weighted by atomic mass is 19.1. The molecule has 0 fully saturated rings. The Hall–Kier alpha value is -1.95. The highest BCUT2D eigenvalue weighted by Crippen LogP contribution is 2.24. The third-order valence-corrected chi connectivity index (χ3v) is 3.34. The molecule has 0 radical (unpaired) electrons. The molecular formula is C15H20FN3O2. The maximum atomic E-state index is 13.4. The van der Waals surface area contributed by atoms with E-state index in [4.69, 9.17) is 9.26 Å². The first kappa shape index (κ1) is 15.4. The van der Waals surface area contributed by atoms with Gasteiger partial charge in [-0.3, -0.25) is 0 Å². The van der Waals surface area contributed by atoms with Crippen molar-refractivity contribution in [1.82, 2.24) is 15.5 Å². The van der Waals surface area contributed by atoms with Gasteiger partial charge in [0.15, 0.2) is 11.6 Å². The monoisotopic (exact) mass is 293 g/mol. The molecule has 6 heteroatoms. The van der Waals surface area contributed by atoms with Crippen LogP contribution in [0.1, 0.15) is 25.7 Å². The Morgan fingerprint density at radius 3 is 2.90 bits per heavy atom. The number of methoxy groups -OCH3 is 1. The van der Waals surface area contributed by atoms with E-state index in [1.54, 1.807) is 12.1 Å². The van der Waals surface area contributed by atoms with Gasteiger partial charge in [0, 0.05) is 18.0 Å². The molecule has 5 nitrogen and oxygen atoms in total. The van der Waals surface area contributed by atoms with Gasteiger partial charge in [0.2, 0.25) is 11.7 Å². The summed E-state index contributed by atoms with van der Waals surface area (Å²) in [4.78, 5) is 4.36. The van der Waals surface area contributed by atoms with Gasteiger partial charge in [-0.1, -0.05) is 18.5 Å². The lowest BCUT2D eigenvalue weighted by Crippen LogP contribution is -2.27. The Morgan fingerprint density at radius 2 is 2.24 bits per heavy atom. The summed E-state index contributed by atoms with van der Waals surface area (Å²) in [6, 6.07) is 4.81. The van der Waals surface area contributed by atoms with Crippen LogP contribution in [0.3, 0.4) is 0 Å². The van der Waals surface area contributed by atoms with Crippen LogP contribution in [0.2, 0.25) is 0 Å².